The number of halogens is 1. The molecule has 0 aliphatic carbocycles. The van der Waals surface area contributed by atoms with Crippen LogP contribution in [0.4, 0.5) is 0 Å². The minimum absolute atomic E-state index is 0.176. The number of hydrogen-bond acceptors (Lipinski definition) is 6. The maximum atomic E-state index is 12.4. The van der Waals surface area contributed by atoms with Crippen molar-refractivity contribution >= 4 is 29.3 Å². The van der Waals surface area contributed by atoms with Crippen molar-refractivity contribution in [1.29, 1.82) is 0 Å². The summed E-state index contributed by atoms with van der Waals surface area (Å²) in [6.45, 7) is 2.24. The number of aryl methyl sites for hydroxylation is 2. The predicted molar refractivity (Wildman–Crippen MR) is 113 cm³/mol. The molecule has 0 unspecified atom stereocenters. The van der Waals surface area contributed by atoms with Crippen molar-refractivity contribution in [3.05, 3.63) is 52.4 Å². The minimum atomic E-state index is -0.178. The lowest BCUT2D eigenvalue weighted by Gasteiger charge is -2.12. The van der Waals surface area contributed by atoms with E-state index in [2.05, 4.69) is 20.4 Å². The fourth-order valence-electron chi connectivity index (χ4n) is 3.37. The van der Waals surface area contributed by atoms with Gasteiger partial charge in [-0.15, -0.1) is 0 Å². The molecule has 4 rings (SSSR count). The molecule has 3 heterocycles. The van der Waals surface area contributed by atoms with Gasteiger partial charge in [-0.25, -0.2) is 9.97 Å². The van der Waals surface area contributed by atoms with Crippen LogP contribution in [0.25, 0.3) is 11.3 Å². The second kappa shape index (κ2) is 8.04. The van der Waals surface area contributed by atoms with Gasteiger partial charge in [-0.05, 0) is 37.4 Å². The van der Waals surface area contributed by atoms with Crippen LogP contribution < -0.4 is 10.1 Å². The quantitative estimate of drug-likeness (QED) is 0.495. The summed E-state index contributed by atoms with van der Waals surface area (Å²) in [7, 11) is 1.75. The number of carbonyl (C=O) groups excluding carboxylic acids is 1. The second-order valence-electron chi connectivity index (χ2n) is 6.82. The van der Waals surface area contributed by atoms with Gasteiger partial charge in [0.25, 0.3) is 5.91 Å². The molecule has 1 N–H and O–H groups in total. The molecule has 1 atom stereocenters. The van der Waals surface area contributed by atoms with Gasteiger partial charge in [0.1, 0.15) is 17.5 Å². The highest BCUT2D eigenvalue weighted by Crippen LogP contribution is 2.39. The third-order valence-corrected chi connectivity index (χ3v) is 5.53. The highest BCUT2D eigenvalue weighted by atomic mass is 35.5. The molecule has 0 bridgehead atoms. The maximum absolute atomic E-state index is 12.4. The molecule has 9 heteroatoms. The third-order valence-electron chi connectivity index (χ3n) is 4.69. The second-order valence-corrected chi connectivity index (χ2v) is 8.00. The summed E-state index contributed by atoms with van der Waals surface area (Å²) in [6, 6.07) is 7.51. The van der Waals surface area contributed by atoms with Gasteiger partial charge < -0.3 is 10.1 Å². The van der Waals surface area contributed by atoms with Crippen LogP contribution in [0, 0.1) is 6.92 Å². The van der Waals surface area contributed by atoms with Crippen molar-refractivity contribution < 1.29 is 9.53 Å². The van der Waals surface area contributed by atoms with Crippen LogP contribution in [0.5, 0.6) is 5.75 Å². The number of thioether (sulfide) groups is 1. The lowest BCUT2D eigenvalue weighted by molar-refractivity contribution is 0.0924. The standard InChI is InChI=1S/C20H20ClN5O2S/c1-11-6-17(26(2)25-11)19(27)23-10-14-8-13-7-12(9-15(21)18(13)28-14)16-4-5-22-20(24-16)29-3/h4-7,9,14H,8,10H2,1-3H3,(H,23,27)/t14-/m0/s1. The number of carbonyl (C=O) groups is 1. The van der Waals surface area contributed by atoms with E-state index >= 15 is 0 Å². The fraction of sp³-hybridized carbons (Fsp3) is 0.300. The van der Waals surface area contributed by atoms with Crippen LogP contribution in [-0.2, 0) is 13.5 Å². The van der Waals surface area contributed by atoms with Crippen molar-refractivity contribution in [3.63, 3.8) is 0 Å². The Bertz CT molecular complexity index is 1080. The zero-order chi connectivity index (χ0) is 20.5. The molecule has 0 saturated heterocycles. The van der Waals surface area contributed by atoms with E-state index in [4.69, 9.17) is 16.3 Å². The van der Waals surface area contributed by atoms with Crippen LogP contribution in [-0.4, -0.2) is 44.6 Å². The van der Waals surface area contributed by atoms with E-state index in [0.717, 1.165) is 22.5 Å². The van der Waals surface area contributed by atoms with E-state index in [1.165, 1.54) is 11.8 Å². The van der Waals surface area contributed by atoms with Crippen LogP contribution in [0.1, 0.15) is 21.7 Å². The Hall–Kier alpha value is -2.58. The molecule has 2 aromatic heterocycles. The molecule has 0 spiro atoms. The first-order valence-electron chi connectivity index (χ1n) is 9.10. The van der Waals surface area contributed by atoms with E-state index in [0.29, 0.717) is 34.6 Å². The molecule has 150 valence electrons. The number of benzene rings is 1. The molecule has 7 nitrogen and oxygen atoms in total. The Kier molecular flexibility index (Phi) is 5.47. The average Bonchev–Trinajstić information content (AvgIpc) is 3.28. The van der Waals surface area contributed by atoms with Crippen LogP contribution in [0.2, 0.25) is 5.02 Å². The van der Waals surface area contributed by atoms with Gasteiger partial charge >= 0.3 is 0 Å². The van der Waals surface area contributed by atoms with Crippen molar-refractivity contribution in [2.45, 2.75) is 24.6 Å². The molecule has 0 saturated carbocycles. The maximum Gasteiger partial charge on any atom is 0.269 e. The Balaban J connectivity index is 1.47. The lowest BCUT2D eigenvalue weighted by Crippen LogP contribution is -2.35. The minimum Gasteiger partial charge on any atom is -0.486 e. The number of nitrogens with one attached hydrogen (secondary N) is 1. The van der Waals surface area contributed by atoms with Crippen LogP contribution in [0.15, 0.2) is 35.6 Å². The third kappa shape index (κ3) is 4.09. The summed E-state index contributed by atoms with van der Waals surface area (Å²) in [5.74, 6) is 0.496. The first kappa shape index (κ1) is 19.7. The summed E-state index contributed by atoms with van der Waals surface area (Å²) in [6.07, 6.45) is 4.16. The van der Waals surface area contributed by atoms with Crippen molar-refractivity contribution in [2.24, 2.45) is 7.05 Å². The summed E-state index contributed by atoms with van der Waals surface area (Å²) in [5, 5.41) is 8.37. The molecule has 1 aromatic carbocycles. The first-order chi connectivity index (χ1) is 13.9. The van der Waals surface area contributed by atoms with Gasteiger partial charge in [0, 0.05) is 30.8 Å². The topological polar surface area (TPSA) is 81.9 Å². The summed E-state index contributed by atoms with van der Waals surface area (Å²) in [5.41, 5.74) is 4.07. The molecule has 29 heavy (non-hydrogen) atoms. The van der Waals surface area contributed by atoms with Crippen LogP contribution in [0.3, 0.4) is 0 Å². The molecular formula is C20H20ClN5O2S. The number of rotatable bonds is 5. The average molecular weight is 430 g/mol. The molecule has 1 aliphatic heterocycles. The zero-order valence-electron chi connectivity index (χ0n) is 16.3. The Labute approximate surface area is 177 Å². The molecule has 1 aliphatic rings. The fourth-order valence-corrected chi connectivity index (χ4v) is 4.01. The predicted octanol–water partition coefficient (Wildman–Crippen LogP) is 3.29. The normalized spacial score (nSPS) is 15.1. The highest BCUT2D eigenvalue weighted by Gasteiger charge is 2.27. The smallest absolute Gasteiger partial charge is 0.269 e. The molecular weight excluding hydrogens is 410 g/mol. The number of aromatic nitrogens is 4. The van der Waals surface area contributed by atoms with E-state index < -0.39 is 0 Å². The van der Waals surface area contributed by atoms with E-state index in [-0.39, 0.29) is 12.0 Å². The van der Waals surface area contributed by atoms with E-state index in [9.17, 15) is 4.79 Å². The monoisotopic (exact) mass is 429 g/mol. The zero-order valence-corrected chi connectivity index (χ0v) is 17.8. The van der Waals surface area contributed by atoms with Gasteiger partial charge in [0.2, 0.25) is 0 Å². The van der Waals surface area contributed by atoms with Gasteiger partial charge in [-0.2, -0.15) is 5.10 Å². The lowest BCUT2D eigenvalue weighted by atomic mass is 10.0. The summed E-state index contributed by atoms with van der Waals surface area (Å²) >= 11 is 7.96. The van der Waals surface area contributed by atoms with E-state index in [1.807, 2.05) is 31.4 Å². The van der Waals surface area contributed by atoms with Crippen LogP contribution >= 0.6 is 23.4 Å². The number of nitrogens with zero attached hydrogens (tertiary/aromatic N) is 4. The first-order valence-corrected chi connectivity index (χ1v) is 10.7. The largest absolute Gasteiger partial charge is 0.486 e. The summed E-state index contributed by atoms with van der Waals surface area (Å²) < 4.78 is 7.56. The highest BCUT2D eigenvalue weighted by molar-refractivity contribution is 7.98. The Morgan fingerprint density at radius 2 is 2.24 bits per heavy atom. The van der Waals surface area contributed by atoms with Gasteiger partial charge in [-0.3, -0.25) is 9.48 Å². The van der Waals surface area contributed by atoms with Crippen molar-refractivity contribution in [3.8, 4) is 17.0 Å². The van der Waals surface area contributed by atoms with Gasteiger partial charge in [0.05, 0.1) is 23.0 Å². The number of amides is 1. The Morgan fingerprint density at radius 3 is 2.97 bits per heavy atom. The number of ether oxygens (including phenoxy) is 1. The molecule has 3 aromatic rings. The van der Waals surface area contributed by atoms with Gasteiger partial charge in [0.15, 0.2) is 5.16 Å². The number of hydrogen-bond donors (Lipinski definition) is 1. The molecule has 0 radical (unpaired) electrons. The van der Waals surface area contributed by atoms with Crippen molar-refractivity contribution in [1.82, 2.24) is 25.1 Å². The number of fused-ring (bicyclic) bond motifs is 1. The molecule has 1 amide bonds. The SMILES string of the molecule is CSc1nccc(-c2cc(Cl)c3c(c2)C[C@@H](CNC(=O)c2cc(C)nn2C)O3)n1. The van der Waals surface area contributed by atoms with Gasteiger partial charge in [-0.1, -0.05) is 23.4 Å². The van der Waals surface area contributed by atoms with E-state index in [1.54, 1.807) is 24.0 Å². The Morgan fingerprint density at radius 1 is 1.41 bits per heavy atom. The molecule has 0 fully saturated rings. The van der Waals surface area contributed by atoms with Crippen molar-refractivity contribution in [2.75, 3.05) is 12.8 Å². The summed E-state index contributed by atoms with van der Waals surface area (Å²) in [4.78, 5) is 21.2.